The van der Waals surface area contributed by atoms with Gasteiger partial charge in [0.2, 0.25) is 5.95 Å². The van der Waals surface area contributed by atoms with Gasteiger partial charge >= 0.3 is 0 Å². The molecule has 0 N–H and O–H groups in total. The molecular formula is C17H17BrN6O. The molecular weight excluding hydrogens is 384 g/mol. The predicted octanol–water partition coefficient (Wildman–Crippen LogP) is 2.09. The van der Waals surface area contributed by atoms with Gasteiger partial charge in [0, 0.05) is 49.3 Å². The van der Waals surface area contributed by atoms with Crippen LogP contribution >= 0.6 is 15.9 Å². The maximum atomic E-state index is 12.5. The Morgan fingerprint density at radius 2 is 1.96 bits per heavy atom. The van der Waals surface area contributed by atoms with E-state index in [9.17, 15) is 4.79 Å². The Morgan fingerprint density at radius 1 is 1.16 bits per heavy atom. The molecule has 1 aliphatic heterocycles. The van der Waals surface area contributed by atoms with Crippen LogP contribution < -0.4 is 4.90 Å². The Bertz CT molecular complexity index is 932. The Balaban J connectivity index is 1.47. The molecule has 0 radical (unpaired) electrons. The highest BCUT2D eigenvalue weighted by Gasteiger charge is 2.25. The van der Waals surface area contributed by atoms with Crippen LogP contribution in [-0.2, 0) is 7.05 Å². The van der Waals surface area contributed by atoms with Gasteiger partial charge < -0.3 is 14.4 Å². The van der Waals surface area contributed by atoms with E-state index in [4.69, 9.17) is 0 Å². The van der Waals surface area contributed by atoms with Crippen molar-refractivity contribution in [2.24, 2.45) is 7.05 Å². The van der Waals surface area contributed by atoms with Crippen LogP contribution in [0.2, 0.25) is 0 Å². The van der Waals surface area contributed by atoms with Crippen LogP contribution in [0.1, 0.15) is 10.5 Å². The first-order chi connectivity index (χ1) is 12.1. The number of nitrogens with zero attached hydrogens (tertiary/aromatic N) is 6. The number of benzene rings is 1. The molecule has 0 bridgehead atoms. The van der Waals surface area contributed by atoms with Gasteiger partial charge in [0.1, 0.15) is 5.69 Å². The smallest absolute Gasteiger partial charge is 0.272 e. The number of rotatable bonds is 2. The number of hydrogen-bond acceptors (Lipinski definition) is 5. The van der Waals surface area contributed by atoms with Gasteiger partial charge in [0.25, 0.3) is 5.91 Å². The fourth-order valence-electron chi connectivity index (χ4n) is 2.98. The summed E-state index contributed by atoms with van der Waals surface area (Å²) in [5.41, 5.74) is 1.53. The molecule has 1 saturated heterocycles. The number of halogens is 1. The second kappa shape index (κ2) is 6.44. The number of amides is 1. The Labute approximate surface area is 153 Å². The molecule has 128 valence electrons. The highest BCUT2D eigenvalue weighted by atomic mass is 79.9. The second-order valence-corrected chi connectivity index (χ2v) is 6.96. The van der Waals surface area contributed by atoms with Crippen molar-refractivity contribution in [1.82, 2.24) is 24.4 Å². The topological polar surface area (TPSA) is 67.2 Å². The van der Waals surface area contributed by atoms with Gasteiger partial charge in [-0.25, -0.2) is 15.0 Å². The van der Waals surface area contributed by atoms with E-state index in [1.165, 1.54) is 0 Å². The Morgan fingerprint density at radius 3 is 2.68 bits per heavy atom. The fourth-order valence-corrected chi connectivity index (χ4v) is 3.36. The maximum Gasteiger partial charge on any atom is 0.272 e. The lowest BCUT2D eigenvalue weighted by atomic mass is 10.2. The first-order valence-electron chi connectivity index (χ1n) is 8.05. The van der Waals surface area contributed by atoms with Gasteiger partial charge in [-0.3, -0.25) is 4.79 Å². The second-order valence-electron chi connectivity index (χ2n) is 6.04. The predicted molar refractivity (Wildman–Crippen MR) is 98.6 cm³/mol. The summed E-state index contributed by atoms with van der Waals surface area (Å²) in [6, 6.07) is 5.96. The quantitative estimate of drug-likeness (QED) is 0.658. The van der Waals surface area contributed by atoms with Crippen LogP contribution in [-0.4, -0.2) is 56.5 Å². The van der Waals surface area contributed by atoms with E-state index < -0.39 is 0 Å². The van der Waals surface area contributed by atoms with Crippen LogP contribution in [0.15, 0.2) is 41.4 Å². The van der Waals surface area contributed by atoms with Gasteiger partial charge in [0.05, 0.1) is 18.0 Å². The van der Waals surface area contributed by atoms with Crippen LogP contribution in [0.5, 0.6) is 0 Å². The van der Waals surface area contributed by atoms with Crippen molar-refractivity contribution in [3.8, 4) is 0 Å². The Kier molecular flexibility index (Phi) is 4.12. The lowest BCUT2D eigenvalue weighted by Gasteiger charge is -2.34. The molecule has 1 amide bonds. The molecule has 0 atom stereocenters. The largest absolute Gasteiger partial charge is 0.337 e. The fraction of sp³-hybridized carbons (Fsp3) is 0.294. The van der Waals surface area contributed by atoms with Gasteiger partial charge in [-0.2, -0.15) is 0 Å². The number of piperazine rings is 1. The van der Waals surface area contributed by atoms with Crippen molar-refractivity contribution < 1.29 is 4.79 Å². The minimum Gasteiger partial charge on any atom is -0.337 e. The molecule has 4 rings (SSSR count). The minimum absolute atomic E-state index is 0.0175. The molecule has 1 aliphatic rings. The highest BCUT2D eigenvalue weighted by molar-refractivity contribution is 9.10. The minimum atomic E-state index is 0.0175. The van der Waals surface area contributed by atoms with Gasteiger partial charge in [0.15, 0.2) is 0 Å². The van der Waals surface area contributed by atoms with E-state index in [1.54, 1.807) is 17.1 Å². The number of anilines is 1. The van der Waals surface area contributed by atoms with E-state index in [2.05, 4.69) is 35.8 Å². The van der Waals surface area contributed by atoms with Crippen molar-refractivity contribution in [2.75, 3.05) is 31.1 Å². The van der Waals surface area contributed by atoms with Crippen molar-refractivity contribution in [2.45, 2.75) is 0 Å². The van der Waals surface area contributed by atoms with Gasteiger partial charge in [-0.05, 0) is 18.2 Å². The van der Waals surface area contributed by atoms with Gasteiger partial charge in [-0.1, -0.05) is 15.9 Å². The molecule has 1 fully saturated rings. The number of carbonyl (C=O) groups is 1. The third kappa shape index (κ3) is 3.09. The van der Waals surface area contributed by atoms with Crippen LogP contribution in [0, 0.1) is 0 Å². The van der Waals surface area contributed by atoms with E-state index in [1.807, 2.05) is 36.3 Å². The SMILES string of the molecule is Cn1cncc1C(=O)N1CCN(c2ncc3cc(Br)ccc3n2)CC1. The normalized spacial score (nSPS) is 15.0. The van der Waals surface area contributed by atoms with Crippen molar-refractivity contribution in [1.29, 1.82) is 0 Å². The monoisotopic (exact) mass is 400 g/mol. The third-order valence-corrected chi connectivity index (χ3v) is 4.91. The summed E-state index contributed by atoms with van der Waals surface area (Å²) in [5.74, 6) is 0.728. The number of aryl methyl sites for hydroxylation is 1. The van der Waals surface area contributed by atoms with Crippen molar-refractivity contribution in [3.05, 3.63) is 47.1 Å². The summed E-state index contributed by atoms with van der Waals surface area (Å²) in [5, 5.41) is 1.00. The van der Waals surface area contributed by atoms with Crippen molar-refractivity contribution in [3.63, 3.8) is 0 Å². The molecule has 7 nitrogen and oxygen atoms in total. The highest BCUT2D eigenvalue weighted by Crippen LogP contribution is 2.20. The standard InChI is InChI=1S/C17H17BrN6O/c1-22-11-19-10-15(22)16(25)23-4-6-24(7-5-23)17-20-9-12-8-13(18)2-3-14(12)21-17/h2-3,8-11H,4-7H2,1H3. The lowest BCUT2D eigenvalue weighted by molar-refractivity contribution is 0.0736. The first kappa shape index (κ1) is 16.0. The van der Waals surface area contributed by atoms with E-state index >= 15 is 0 Å². The molecule has 8 heteroatoms. The average Bonchev–Trinajstić information content (AvgIpc) is 3.07. The number of hydrogen-bond donors (Lipinski definition) is 0. The summed E-state index contributed by atoms with van der Waals surface area (Å²) in [6.45, 7) is 2.72. The summed E-state index contributed by atoms with van der Waals surface area (Å²) < 4.78 is 2.76. The molecule has 2 aromatic heterocycles. The summed E-state index contributed by atoms with van der Waals surface area (Å²) in [6.07, 6.45) is 5.10. The molecule has 0 aliphatic carbocycles. The number of fused-ring (bicyclic) bond motifs is 1. The number of aromatic nitrogens is 4. The lowest BCUT2D eigenvalue weighted by Crippen LogP contribution is -2.49. The zero-order valence-electron chi connectivity index (χ0n) is 13.8. The third-order valence-electron chi connectivity index (χ3n) is 4.41. The van der Waals surface area contributed by atoms with Crippen LogP contribution in [0.4, 0.5) is 5.95 Å². The molecule has 0 unspecified atom stereocenters. The molecule has 1 aromatic carbocycles. The molecule has 25 heavy (non-hydrogen) atoms. The molecule has 0 spiro atoms. The van der Waals surface area contributed by atoms with Crippen LogP contribution in [0.25, 0.3) is 10.9 Å². The summed E-state index contributed by atoms with van der Waals surface area (Å²) in [4.78, 5) is 29.7. The Hall–Kier alpha value is -2.48. The van der Waals surface area contributed by atoms with Gasteiger partial charge in [-0.15, -0.1) is 0 Å². The zero-order chi connectivity index (χ0) is 17.4. The van der Waals surface area contributed by atoms with Crippen molar-refractivity contribution >= 4 is 38.7 Å². The van der Waals surface area contributed by atoms with E-state index in [-0.39, 0.29) is 5.91 Å². The molecule has 3 aromatic rings. The number of imidazole rings is 1. The molecule has 3 heterocycles. The maximum absolute atomic E-state index is 12.5. The van der Waals surface area contributed by atoms with E-state index in [0.29, 0.717) is 37.8 Å². The summed E-state index contributed by atoms with van der Waals surface area (Å²) in [7, 11) is 1.83. The first-order valence-corrected chi connectivity index (χ1v) is 8.84. The zero-order valence-corrected chi connectivity index (χ0v) is 15.3. The van der Waals surface area contributed by atoms with Crippen LogP contribution in [0.3, 0.4) is 0 Å². The molecule has 0 saturated carbocycles. The average molecular weight is 401 g/mol. The number of carbonyl (C=O) groups excluding carboxylic acids is 1. The van der Waals surface area contributed by atoms with E-state index in [0.717, 1.165) is 15.4 Å². The summed E-state index contributed by atoms with van der Waals surface area (Å²) >= 11 is 3.46.